The molecule has 0 spiro atoms. The molecule has 38 heavy (non-hydrogen) atoms. The lowest BCUT2D eigenvalue weighted by atomic mass is 9.56. The first-order chi connectivity index (χ1) is 18.4. The van der Waals surface area contributed by atoms with Crippen LogP contribution in [0.2, 0.25) is 0 Å². The number of ketones is 1. The van der Waals surface area contributed by atoms with Gasteiger partial charge in [0.05, 0.1) is 12.7 Å². The zero-order valence-corrected chi connectivity index (χ0v) is 24.2. The summed E-state index contributed by atoms with van der Waals surface area (Å²) in [6, 6.07) is 9.71. The molecule has 0 radical (unpaired) electrons. The van der Waals surface area contributed by atoms with Gasteiger partial charge in [-0.25, -0.2) is 0 Å². The smallest absolute Gasteiger partial charge is 0.137 e. The van der Waals surface area contributed by atoms with E-state index >= 15 is 0 Å². The first-order valence-electron chi connectivity index (χ1n) is 15.5. The van der Waals surface area contributed by atoms with Crippen molar-refractivity contribution in [3.63, 3.8) is 0 Å². The molecule has 4 aliphatic rings. The molecule has 3 saturated carbocycles. The number of aliphatic hydroxyl groups is 1. The Kier molecular flexibility index (Phi) is 8.50. The number of rotatable bonds is 10. The van der Waals surface area contributed by atoms with Crippen LogP contribution in [0.3, 0.4) is 0 Å². The molecule has 4 aliphatic carbocycles. The predicted molar refractivity (Wildman–Crippen MR) is 154 cm³/mol. The van der Waals surface area contributed by atoms with Crippen LogP contribution in [0.15, 0.2) is 47.1 Å². The second-order valence-corrected chi connectivity index (χ2v) is 12.5. The first kappa shape index (κ1) is 27.6. The summed E-state index contributed by atoms with van der Waals surface area (Å²) in [5.41, 5.74) is 5.75. The molecule has 1 aromatic carbocycles. The van der Waals surface area contributed by atoms with Gasteiger partial charge in [-0.3, -0.25) is 9.69 Å². The molecule has 5 atom stereocenters. The summed E-state index contributed by atoms with van der Waals surface area (Å²) in [5.74, 6) is 2.42. The van der Waals surface area contributed by atoms with E-state index in [1.54, 1.807) is 5.57 Å². The largest absolute Gasteiger partial charge is 0.494 e. The van der Waals surface area contributed by atoms with Crippen molar-refractivity contribution in [3.05, 3.63) is 52.6 Å². The van der Waals surface area contributed by atoms with Crippen molar-refractivity contribution in [1.82, 2.24) is 4.90 Å². The lowest BCUT2D eigenvalue weighted by molar-refractivity contribution is -0.118. The fraction of sp³-hybridized carbons (Fsp3) is 0.676. The number of benzene rings is 1. The third kappa shape index (κ3) is 5.04. The number of fused-ring (bicyclic) bond motifs is 4. The average Bonchev–Trinajstić information content (AvgIpc) is 3.26. The summed E-state index contributed by atoms with van der Waals surface area (Å²) < 4.78 is 6.43. The molecule has 0 aromatic heterocycles. The van der Waals surface area contributed by atoms with Crippen molar-refractivity contribution >= 4 is 5.78 Å². The maximum absolute atomic E-state index is 12.0. The van der Waals surface area contributed by atoms with Crippen LogP contribution in [0.25, 0.3) is 0 Å². The number of hydrogen-bond donors (Lipinski definition) is 1. The van der Waals surface area contributed by atoms with Crippen molar-refractivity contribution < 1.29 is 14.6 Å². The van der Waals surface area contributed by atoms with Gasteiger partial charge in [0.15, 0.2) is 0 Å². The Labute approximate surface area is 230 Å². The summed E-state index contributed by atoms with van der Waals surface area (Å²) in [7, 11) is 2.27. The minimum atomic E-state index is -0.231. The van der Waals surface area contributed by atoms with Crippen LogP contribution in [0.4, 0.5) is 0 Å². The third-order valence-corrected chi connectivity index (χ3v) is 10.9. The Morgan fingerprint density at radius 1 is 1.11 bits per heavy atom. The van der Waals surface area contributed by atoms with Gasteiger partial charge in [-0.2, -0.15) is 0 Å². The van der Waals surface area contributed by atoms with Crippen LogP contribution in [0.1, 0.15) is 109 Å². The van der Waals surface area contributed by atoms with E-state index in [-0.39, 0.29) is 11.5 Å². The quantitative estimate of drug-likeness (QED) is 0.346. The molecular weight excluding hydrogens is 470 g/mol. The summed E-state index contributed by atoms with van der Waals surface area (Å²) >= 11 is 0. The molecule has 3 unspecified atom stereocenters. The van der Waals surface area contributed by atoms with Gasteiger partial charge >= 0.3 is 0 Å². The number of Topliss-reactive ketones (excluding diaryl/α,β-unsaturated/α-hetero) is 1. The van der Waals surface area contributed by atoms with Crippen LogP contribution in [-0.2, 0) is 4.79 Å². The maximum atomic E-state index is 12.0. The van der Waals surface area contributed by atoms with Crippen molar-refractivity contribution in [2.24, 2.45) is 17.3 Å². The summed E-state index contributed by atoms with van der Waals surface area (Å²) in [6.07, 6.45) is 14.0. The van der Waals surface area contributed by atoms with Crippen LogP contribution in [0, 0.1) is 17.3 Å². The first-order valence-corrected chi connectivity index (χ1v) is 15.5. The molecule has 0 saturated heterocycles. The van der Waals surface area contributed by atoms with Crippen LogP contribution < -0.4 is 4.74 Å². The van der Waals surface area contributed by atoms with E-state index in [2.05, 4.69) is 63.1 Å². The Morgan fingerprint density at radius 3 is 2.68 bits per heavy atom. The van der Waals surface area contributed by atoms with E-state index in [0.29, 0.717) is 49.2 Å². The molecule has 208 valence electrons. The van der Waals surface area contributed by atoms with Gasteiger partial charge in [0.25, 0.3) is 0 Å². The molecule has 4 heteroatoms. The Balaban J connectivity index is 1.27. The number of carbonyl (C=O) groups is 1. The summed E-state index contributed by atoms with van der Waals surface area (Å²) in [5, 5.41) is 11.3. The normalized spacial score (nSPS) is 29.7. The molecular formula is C34H49NO3. The predicted octanol–water partition coefficient (Wildman–Crippen LogP) is 7.57. The topological polar surface area (TPSA) is 49.8 Å². The SMILES string of the molecule is CCC(CC)N(C)C(CC)c1cccc(OCC[C@]23CCC4=C5CCC(=O)CC5=CCC4C2CC[C@@H]3O)c1. The second-order valence-electron chi connectivity index (χ2n) is 12.5. The zero-order valence-electron chi connectivity index (χ0n) is 24.2. The molecule has 1 aromatic rings. The van der Waals surface area contributed by atoms with Gasteiger partial charge in [0.2, 0.25) is 0 Å². The average molecular weight is 520 g/mol. The van der Waals surface area contributed by atoms with Gasteiger partial charge in [-0.1, -0.05) is 44.6 Å². The fourth-order valence-electron chi connectivity index (χ4n) is 8.78. The Morgan fingerprint density at radius 2 is 1.92 bits per heavy atom. The summed E-state index contributed by atoms with van der Waals surface area (Å²) in [4.78, 5) is 14.6. The molecule has 0 amide bonds. The van der Waals surface area contributed by atoms with E-state index in [9.17, 15) is 9.90 Å². The van der Waals surface area contributed by atoms with Crippen molar-refractivity contribution in [3.8, 4) is 5.75 Å². The molecule has 3 fully saturated rings. The standard InChI is InChI=1S/C34H49NO3/c1-5-25(6-2)35(4)32(7-3)24-9-8-10-27(22-24)38-20-19-34-18-17-29-28-14-12-26(36)21-23(28)11-13-30(29)31(34)15-16-33(34)37/h8-11,22,25,30-33,37H,5-7,12-21H2,1-4H3/t30?,31?,32?,33-,34+/m0/s1. The van der Waals surface area contributed by atoms with Gasteiger partial charge in [0.1, 0.15) is 11.5 Å². The highest BCUT2D eigenvalue weighted by Crippen LogP contribution is 2.61. The number of carbonyl (C=O) groups excluding carboxylic acids is 1. The number of hydrogen-bond acceptors (Lipinski definition) is 4. The van der Waals surface area contributed by atoms with Gasteiger partial charge < -0.3 is 9.84 Å². The number of aliphatic hydroxyl groups excluding tert-OH is 1. The fourth-order valence-corrected chi connectivity index (χ4v) is 8.78. The minimum absolute atomic E-state index is 0.0379. The van der Waals surface area contributed by atoms with Crippen LogP contribution in [0.5, 0.6) is 5.75 Å². The number of nitrogens with zero attached hydrogens (tertiary/aromatic N) is 1. The molecule has 0 bridgehead atoms. The second kappa shape index (κ2) is 11.7. The van der Waals surface area contributed by atoms with Gasteiger partial charge in [-0.15, -0.1) is 0 Å². The number of ether oxygens (including phenoxy) is 1. The van der Waals surface area contributed by atoms with E-state index in [0.717, 1.165) is 57.1 Å². The summed E-state index contributed by atoms with van der Waals surface area (Å²) in [6.45, 7) is 7.50. The molecule has 0 heterocycles. The maximum Gasteiger partial charge on any atom is 0.137 e. The van der Waals surface area contributed by atoms with E-state index in [1.807, 2.05) is 0 Å². The van der Waals surface area contributed by atoms with Gasteiger partial charge in [0, 0.05) is 30.3 Å². The van der Waals surface area contributed by atoms with Crippen LogP contribution in [-0.4, -0.2) is 41.6 Å². The molecule has 4 nitrogen and oxygen atoms in total. The van der Waals surface area contributed by atoms with E-state index < -0.39 is 0 Å². The van der Waals surface area contributed by atoms with Crippen molar-refractivity contribution in [2.45, 2.75) is 116 Å². The lowest BCUT2D eigenvalue weighted by Crippen LogP contribution is -2.44. The number of allylic oxidation sites excluding steroid dienone is 4. The highest BCUT2D eigenvalue weighted by molar-refractivity contribution is 5.84. The lowest BCUT2D eigenvalue weighted by Gasteiger charge is -2.49. The van der Waals surface area contributed by atoms with E-state index in [1.165, 1.54) is 29.6 Å². The minimum Gasteiger partial charge on any atom is -0.494 e. The zero-order chi connectivity index (χ0) is 26.9. The molecule has 5 rings (SSSR count). The van der Waals surface area contributed by atoms with Crippen molar-refractivity contribution in [2.75, 3.05) is 13.7 Å². The monoisotopic (exact) mass is 519 g/mol. The van der Waals surface area contributed by atoms with Crippen molar-refractivity contribution in [1.29, 1.82) is 0 Å². The highest BCUT2D eigenvalue weighted by atomic mass is 16.5. The van der Waals surface area contributed by atoms with Gasteiger partial charge in [-0.05, 0) is 112 Å². The Bertz CT molecular complexity index is 1070. The third-order valence-electron chi connectivity index (χ3n) is 10.9. The van der Waals surface area contributed by atoms with E-state index in [4.69, 9.17) is 4.74 Å². The Hall–Kier alpha value is -1.91. The molecule has 1 N–H and O–H groups in total. The van der Waals surface area contributed by atoms with Crippen LogP contribution >= 0.6 is 0 Å². The molecule has 0 aliphatic heterocycles. The highest BCUT2D eigenvalue weighted by Gasteiger charge is 2.55.